The van der Waals surface area contributed by atoms with Gasteiger partial charge in [0.2, 0.25) is 5.95 Å². The van der Waals surface area contributed by atoms with Crippen molar-refractivity contribution in [1.29, 1.82) is 0 Å². The summed E-state index contributed by atoms with van der Waals surface area (Å²) in [6, 6.07) is 3.88. The fourth-order valence-electron chi connectivity index (χ4n) is 4.47. The molecule has 170 valence electrons. The van der Waals surface area contributed by atoms with E-state index in [1.165, 1.54) is 0 Å². The maximum absolute atomic E-state index is 13.2. The molecule has 1 aliphatic heterocycles. The molecule has 1 fully saturated rings. The van der Waals surface area contributed by atoms with E-state index in [0.717, 1.165) is 29.9 Å². The summed E-state index contributed by atoms with van der Waals surface area (Å²) in [5.41, 5.74) is 4.21. The SMILES string of the molecule is Cc1cc(C)n2ncc(C(=O)N3CCC(c4cc5nc(N(C)C)ncc5c(=O)[nH]4)CC3)c2n1. The standard InChI is InChI=1S/C23H26N8O2/c1-13-9-14(2)31-20(26-13)17(12-25-31)22(33)30-7-5-15(6-8-30)18-10-19-16(21(32)27-18)11-24-23(28-19)29(3)4/h9-12,15H,5-8H2,1-4H3,(H,27,32). The van der Waals surface area contributed by atoms with Gasteiger partial charge in [0, 0.05) is 56.4 Å². The van der Waals surface area contributed by atoms with Gasteiger partial charge in [-0.3, -0.25) is 9.59 Å². The van der Waals surface area contributed by atoms with E-state index in [9.17, 15) is 9.59 Å². The maximum Gasteiger partial charge on any atom is 0.259 e. The number of carbonyl (C=O) groups excluding carboxylic acids is 1. The van der Waals surface area contributed by atoms with E-state index in [1.807, 2.05) is 49.9 Å². The first-order valence-corrected chi connectivity index (χ1v) is 11.0. The third kappa shape index (κ3) is 3.71. The number of nitrogens with zero attached hydrogens (tertiary/aromatic N) is 7. The number of anilines is 1. The molecule has 0 aliphatic carbocycles. The molecule has 0 spiro atoms. The van der Waals surface area contributed by atoms with Crippen molar-refractivity contribution in [3.8, 4) is 0 Å². The number of rotatable bonds is 3. The quantitative estimate of drug-likeness (QED) is 0.513. The number of hydrogen-bond donors (Lipinski definition) is 1. The topological polar surface area (TPSA) is 112 Å². The van der Waals surface area contributed by atoms with Crippen molar-refractivity contribution in [3.05, 3.63) is 57.5 Å². The van der Waals surface area contributed by atoms with E-state index in [0.29, 0.717) is 41.2 Å². The minimum absolute atomic E-state index is 0.0590. The molecule has 4 aromatic heterocycles. The van der Waals surface area contributed by atoms with Crippen LogP contribution in [0.25, 0.3) is 16.6 Å². The van der Waals surface area contributed by atoms with Gasteiger partial charge in [-0.1, -0.05) is 0 Å². The lowest BCUT2D eigenvalue weighted by molar-refractivity contribution is 0.0714. The molecule has 1 aliphatic rings. The van der Waals surface area contributed by atoms with Crippen LogP contribution in [0.4, 0.5) is 5.95 Å². The summed E-state index contributed by atoms with van der Waals surface area (Å²) in [6.07, 6.45) is 4.67. The van der Waals surface area contributed by atoms with Gasteiger partial charge in [-0.2, -0.15) is 5.10 Å². The molecule has 33 heavy (non-hydrogen) atoms. The number of H-pyrrole nitrogens is 1. The Labute approximate surface area is 190 Å². The average molecular weight is 447 g/mol. The van der Waals surface area contributed by atoms with Crippen LogP contribution >= 0.6 is 0 Å². The number of amides is 1. The van der Waals surface area contributed by atoms with Crippen molar-refractivity contribution in [3.63, 3.8) is 0 Å². The summed E-state index contributed by atoms with van der Waals surface area (Å²) >= 11 is 0. The Morgan fingerprint density at radius 1 is 1.12 bits per heavy atom. The minimum Gasteiger partial charge on any atom is -0.347 e. The molecule has 1 N–H and O–H groups in total. The second kappa shape index (κ2) is 7.95. The normalized spacial score (nSPS) is 14.8. The van der Waals surface area contributed by atoms with Crippen LogP contribution in [-0.2, 0) is 0 Å². The second-order valence-corrected chi connectivity index (χ2v) is 8.82. The molecule has 4 aromatic rings. The second-order valence-electron chi connectivity index (χ2n) is 8.82. The molecule has 10 nitrogen and oxygen atoms in total. The van der Waals surface area contributed by atoms with E-state index in [4.69, 9.17) is 0 Å². The third-order valence-corrected chi connectivity index (χ3v) is 6.23. The Balaban J connectivity index is 1.36. The van der Waals surface area contributed by atoms with Gasteiger partial charge in [0.25, 0.3) is 11.5 Å². The van der Waals surface area contributed by atoms with Gasteiger partial charge < -0.3 is 14.8 Å². The smallest absolute Gasteiger partial charge is 0.259 e. The van der Waals surface area contributed by atoms with Gasteiger partial charge in [0.05, 0.1) is 17.1 Å². The van der Waals surface area contributed by atoms with Crippen LogP contribution in [0.1, 0.15) is 46.2 Å². The van der Waals surface area contributed by atoms with Crippen LogP contribution in [-0.4, -0.2) is 67.5 Å². The van der Waals surface area contributed by atoms with Crippen molar-refractivity contribution in [2.75, 3.05) is 32.1 Å². The summed E-state index contributed by atoms with van der Waals surface area (Å²) < 4.78 is 1.71. The fourth-order valence-corrected chi connectivity index (χ4v) is 4.47. The molecular formula is C23H26N8O2. The molecule has 0 bridgehead atoms. The van der Waals surface area contributed by atoms with Crippen molar-refractivity contribution >= 4 is 28.4 Å². The largest absolute Gasteiger partial charge is 0.347 e. The number of pyridine rings is 1. The van der Waals surface area contributed by atoms with Crippen molar-refractivity contribution in [1.82, 2.24) is 34.4 Å². The first kappa shape index (κ1) is 21.0. The van der Waals surface area contributed by atoms with E-state index < -0.39 is 0 Å². The summed E-state index contributed by atoms with van der Waals surface area (Å²) in [5.74, 6) is 0.652. The lowest BCUT2D eigenvalue weighted by Crippen LogP contribution is -2.38. The number of aryl methyl sites for hydroxylation is 2. The Hall–Kier alpha value is -3.82. The van der Waals surface area contributed by atoms with Crippen molar-refractivity contribution < 1.29 is 4.79 Å². The first-order chi connectivity index (χ1) is 15.8. The number of aromatic amines is 1. The lowest BCUT2D eigenvalue weighted by Gasteiger charge is -2.31. The molecule has 0 radical (unpaired) electrons. The Morgan fingerprint density at radius 3 is 2.61 bits per heavy atom. The zero-order valence-electron chi connectivity index (χ0n) is 19.2. The van der Waals surface area contributed by atoms with Crippen LogP contribution in [0.2, 0.25) is 0 Å². The summed E-state index contributed by atoms with van der Waals surface area (Å²) in [7, 11) is 3.73. The molecule has 1 amide bonds. The summed E-state index contributed by atoms with van der Waals surface area (Å²) in [4.78, 5) is 45.8. The van der Waals surface area contributed by atoms with Crippen LogP contribution in [0.3, 0.4) is 0 Å². The Morgan fingerprint density at radius 2 is 1.88 bits per heavy atom. The molecule has 0 unspecified atom stereocenters. The van der Waals surface area contributed by atoms with E-state index in [2.05, 4.69) is 25.0 Å². The minimum atomic E-state index is -0.186. The molecule has 0 saturated carbocycles. The fraction of sp³-hybridized carbons (Fsp3) is 0.391. The summed E-state index contributed by atoms with van der Waals surface area (Å²) in [6.45, 7) is 5.05. The van der Waals surface area contributed by atoms with Gasteiger partial charge in [0.1, 0.15) is 5.56 Å². The molecule has 1 saturated heterocycles. The number of carbonyl (C=O) groups is 1. The molecule has 0 atom stereocenters. The van der Waals surface area contributed by atoms with Crippen molar-refractivity contribution in [2.45, 2.75) is 32.6 Å². The molecular weight excluding hydrogens is 420 g/mol. The highest BCUT2D eigenvalue weighted by atomic mass is 16.2. The van der Waals surface area contributed by atoms with Gasteiger partial charge in [-0.25, -0.2) is 19.5 Å². The van der Waals surface area contributed by atoms with E-state index in [1.54, 1.807) is 16.9 Å². The average Bonchev–Trinajstić information content (AvgIpc) is 3.22. The predicted molar refractivity (Wildman–Crippen MR) is 125 cm³/mol. The van der Waals surface area contributed by atoms with Crippen LogP contribution in [0.5, 0.6) is 0 Å². The van der Waals surface area contributed by atoms with Crippen LogP contribution in [0.15, 0.2) is 29.3 Å². The van der Waals surface area contributed by atoms with Crippen LogP contribution < -0.4 is 10.5 Å². The van der Waals surface area contributed by atoms with Gasteiger partial charge >= 0.3 is 0 Å². The Bertz CT molecular complexity index is 1430. The first-order valence-electron chi connectivity index (χ1n) is 11.0. The number of aromatic nitrogens is 6. The number of fused-ring (bicyclic) bond motifs is 2. The number of likely N-dealkylation sites (tertiary alicyclic amines) is 1. The molecule has 10 heteroatoms. The lowest BCUT2D eigenvalue weighted by atomic mass is 9.92. The van der Waals surface area contributed by atoms with Gasteiger partial charge in [0.15, 0.2) is 5.65 Å². The zero-order valence-corrected chi connectivity index (χ0v) is 19.2. The number of hydrogen-bond acceptors (Lipinski definition) is 7. The Kier molecular flexibility index (Phi) is 5.07. The van der Waals surface area contributed by atoms with Crippen molar-refractivity contribution in [2.24, 2.45) is 0 Å². The van der Waals surface area contributed by atoms with Gasteiger partial charge in [-0.05, 0) is 38.8 Å². The molecule has 5 rings (SSSR count). The maximum atomic E-state index is 13.2. The van der Waals surface area contributed by atoms with Gasteiger partial charge in [-0.15, -0.1) is 0 Å². The summed E-state index contributed by atoms with van der Waals surface area (Å²) in [5, 5.41) is 4.82. The molecule has 0 aromatic carbocycles. The zero-order chi connectivity index (χ0) is 23.3. The molecule has 5 heterocycles. The highest BCUT2D eigenvalue weighted by Gasteiger charge is 2.28. The number of nitrogens with one attached hydrogen (secondary N) is 1. The monoisotopic (exact) mass is 446 g/mol. The van der Waals surface area contributed by atoms with Crippen LogP contribution in [0, 0.1) is 13.8 Å². The predicted octanol–water partition coefficient (Wildman–Crippen LogP) is 2.06. The number of piperidine rings is 1. The third-order valence-electron chi connectivity index (χ3n) is 6.23. The highest BCUT2D eigenvalue weighted by Crippen LogP contribution is 2.28. The van der Waals surface area contributed by atoms with E-state index in [-0.39, 0.29) is 17.4 Å². The van der Waals surface area contributed by atoms with E-state index >= 15 is 0 Å². The highest BCUT2D eigenvalue weighted by molar-refractivity contribution is 5.99.